The highest BCUT2D eigenvalue weighted by atomic mass is 32.2. The minimum Gasteiger partial charge on any atom is -0.444 e. The minimum absolute atomic E-state index is 0.322. The Balaban J connectivity index is 2.58. The third-order valence-electron chi connectivity index (χ3n) is 6.17. The van der Waals surface area contributed by atoms with Crippen LogP contribution in [0.3, 0.4) is 0 Å². The summed E-state index contributed by atoms with van der Waals surface area (Å²) in [6, 6.07) is 13.5. The molecule has 0 saturated heterocycles. The molecule has 0 aliphatic rings. The van der Waals surface area contributed by atoms with E-state index in [0.29, 0.717) is 23.4 Å². The number of thioether (sulfide) groups is 1. The molecule has 0 bridgehead atoms. The van der Waals surface area contributed by atoms with E-state index in [1.54, 1.807) is 37.4 Å². The molecular weight excluding hydrogens is 510 g/mol. The van der Waals surface area contributed by atoms with Gasteiger partial charge >= 0.3 is 6.09 Å². The van der Waals surface area contributed by atoms with E-state index in [9.17, 15) is 14.4 Å². The number of ether oxygens (including phenoxy) is 1. The van der Waals surface area contributed by atoms with Crippen molar-refractivity contribution in [3.8, 4) is 0 Å². The van der Waals surface area contributed by atoms with Crippen LogP contribution in [0.1, 0.15) is 77.6 Å². The number of para-hydroxylation sites is 1. The fourth-order valence-corrected chi connectivity index (χ4v) is 4.69. The van der Waals surface area contributed by atoms with Crippen LogP contribution in [-0.2, 0) is 20.7 Å². The lowest BCUT2D eigenvalue weighted by Gasteiger charge is -2.43. The molecule has 8 heteroatoms. The number of carbonyl (C=O) groups is 3. The van der Waals surface area contributed by atoms with Crippen LogP contribution in [0.5, 0.6) is 0 Å². The molecule has 2 aromatic carbocycles. The standard InChI is InChI=1S/C31H45N3O4S/c1-10-22-15-17-23(18-16-22)26(27(35)32-24-14-12-11-13-21(24)2)34(30(3,4)5)28(36)25(19-20-39-9)33-29(37)38-31(6,7)8/h11-18,25-26H,10,19-20H2,1-9H3,(H,32,35)(H,33,37). The van der Waals surface area contributed by atoms with Gasteiger partial charge in [0.2, 0.25) is 5.91 Å². The van der Waals surface area contributed by atoms with Crippen molar-refractivity contribution in [1.29, 1.82) is 0 Å². The van der Waals surface area contributed by atoms with Crippen LogP contribution < -0.4 is 10.6 Å². The van der Waals surface area contributed by atoms with Gasteiger partial charge in [0, 0.05) is 11.2 Å². The van der Waals surface area contributed by atoms with Gasteiger partial charge < -0.3 is 20.3 Å². The van der Waals surface area contributed by atoms with Crippen molar-refractivity contribution in [3.63, 3.8) is 0 Å². The highest BCUT2D eigenvalue weighted by Gasteiger charge is 2.42. The fourth-order valence-electron chi connectivity index (χ4n) is 4.22. The number of aryl methyl sites for hydroxylation is 2. The number of hydrogen-bond donors (Lipinski definition) is 2. The summed E-state index contributed by atoms with van der Waals surface area (Å²) in [5.74, 6) is -0.0141. The molecule has 2 rings (SSSR count). The summed E-state index contributed by atoms with van der Waals surface area (Å²) in [4.78, 5) is 42.7. The normalized spacial score (nSPS) is 13.3. The summed E-state index contributed by atoms with van der Waals surface area (Å²) in [7, 11) is 0. The molecule has 0 saturated carbocycles. The molecule has 39 heavy (non-hydrogen) atoms. The first-order chi connectivity index (χ1) is 18.2. The van der Waals surface area contributed by atoms with Crippen molar-refractivity contribution in [2.24, 2.45) is 0 Å². The maximum atomic E-state index is 14.3. The Labute approximate surface area is 238 Å². The second kappa shape index (κ2) is 13.9. The van der Waals surface area contributed by atoms with Crippen LogP contribution in [-0.4, -0.2) is 52.0 Å². The Hall–Kier alpha value is -3.00. The Bertz CT molecular complexity index is 1120. The summed E-state index contributed by atoms with van der Waals surface area (Å²) >= 11 is 1.58. The van der Waals surface area contributed by atoms with Gasteiger partial charge in [0.05, 0.1) is 0 Å². The van der Waals surface area contributed by atoms with Gasteiger partial charge in [-0.15, -0.1) is 0 Å². The zero-order valence-electron chi connectivity index (χ0n) is 24.9. The van der Waals surface area contributed by atoms with E-state index in [4.69, 9.17) is 4.74 Å². The van der Waals surface area contributed by atoms with Gasteiger partial charge in [-0.1, -0.05) is 49.4 Å². The predicted octanol–water partition coefficient (Wildman–Crippen LogP) is 6.51. The number of carbonyl (C=O) groups excluding carboxylic acids is 3. The first-order valence-corrected chi connectivity index (χ1v) is 14.8. The molecule has 0 fully saturated rings. The monoisotopic (exact) mass is 555 g/mol. The third kappa shape index (κ3) is 9.60. The summed E-state index contributed by atoms with van der Waals surface area (Å²) in [6.07, 6.45) is 2.54. The quantitative estimate of drug-likeness (QED) is 0.349. The average Bonchev–Trinajstić information content (AvgIpc) is 2.84. The van der Waals surface area contributed by atoms with Gasteiger partial charge in [-0.25, -0.2) is 4.79 Å². The third-order valence-corrected chi connectivity index (χ3v) is 6.82. The number of benzene rings is 2. The lowest BCUT2D eigenvalue weighted by molar-refractivity contribution is -0.146. The number of nitrogens with one attached hydrogen (secondary N) is 2. The lowest BCUT2D eigenvalue weighted by Crippen LogP contribution is -2.58. The predicted molar refractivity (Wildman–Crippen MR) is 161 cm³/mol. The summed E-state index contributed by atoms with van der Waals surface area (Å²) < 4.78 is 5.47. The second-order valence-corrected chi connectivity index (χ2v) is 12.6. The number of amides is 3. The number of rotatable bonds is 10. The average molecular weight is 556 g/mol. The second-order valence-electron chi connectivity index (χ2n) is 11.7. The molecule has 2 aromatic rings. The molecule has 7 nitrogen and oxygen atoms in total. The number of nitrogens with zero attached hydrogens (tertiary/aromatic N) is 1. The van der Waals surface area contributed by atoms with Crippen molar-refractivity contribution < 1.29 is 19.1 Å². The molecule has 2 atom stereocenters. The molecule has 0 spiro atoms. The van der Waals surface area contributed by atoms with Crippen LogP contribution in [0, 0.1) is 6.92 Å². The summed E-state index contributed by atoms with van der Waals surface area (Å²) in [6.45, 7) is 15.0. The Kier molecular flexibility index (Phi) is 11.5. The van der Waals surface area contributed by atoms with Crippen LogP contribution in [0.25, 0.3) is 0 Å². The van der Waals surface area contributed by atoms with E-state index in [1.165, 1.54) is 0 Å². The molecule has 0 aliphatic heterocycles. The first kappa shape index (κ1) is 32.2. The highest BCUT2D eigenvalue weighted by molar-refractivity contribution is 7.98. The molecule has 0 aromatic heterocycles. The maximum absolute atomic E-state index is 14.3. The zero-order valence-corrected chi connectivity index (χ0v) is 25.7. The smallest absolute Gasteiger partial charge is 0.408 e. The van der Waals surface area contributed by atoms with Crippen LogP contribution in [0.2, 0.25) is 0 Å². The van der Waals surface area contributed by atoms with Crippen molar-refractivity contribution in [2.45, 2.75) is 91.5 Å². The molecule has 2 unspecified atom stereocenters. The first-order valence-electron chi connectivity index (χ1n) is 13.4. The van der Waals surface area contributed by atoms with Crippen molar-refractivity contribution in [2.75, 3.05) is 17.3 Å². The fraction of sp³-hybridized carbons (Fsp3) is 0.516. The number of alkyl carbamates (subject to hydrolysis) is 1. The van der Waals surface area contributed by atoms with Crippen molar-refractivity contribution in [3.05, 3.63) is 65.2 Å². The Morgan fingerprint density at radius 1 is 0.974 bits per heavy atom. The Morgan fingerprint density at radius 3 is 2.10 bits per heavy atom. The molecule has 0 aliphatic carbocycles. The van der Waals surface area contributed by atoms with Crippen molar-refractivity contribution in [1.82, 2.24) is 10.2 Å². The van der Waals surface area contributed by atoms with Gasteiger partial charge in [-0.2, -0.15) is 11.8 Å². The molecular formula is C31H45N3O4S. The molecule has 0 heterocycles. The number of hydrogen-bond acceptors (Lipinski definition) is 5. The van der Waals surface area contributed by atoms with E-state index in [0.717, 1.165) is 17.5 Å². The van der Waals surface area contributed by atoms with E-state index in [-0.39, 0.29) is 11.8 Å². The molecule has 0 radical (unpaired) electrons. The van der Waals surface area contributed by atoms with Crippen LogP contribution in [0.4, 0.5) is 10.5 Å². The van der Waals surface area contributed by atoms with E-state index < -0.39 is 29.3 Å². The van der Waals surface area contributed by atoms with Crippen molar-refractivity contribution >= 4 is 35.4 Å². The van der Waals surface area contributed by atoms with Gasteiger partial charge in [0.15, 0.2) is 0 Å². The summed E-state index contributed by atoms with van der Waals surface area (Å²) in [5.41, 5.74) is 1.98. The van der Waals surface area contributed by atoms with E-state index in [2.05, 4.69) is 17.6 Å². The van der Waals surface area contributed by atoms with Crippen LogP contribution in [0.15, 0.2) is 48.5 Å². The van der Waals surface area contributed by atoms with E-state index >= 15 is 0 Å². The minimum atomic E-state index is -0.930. The SMILES string of the molecule is CCc1ccc(C(C(=O)Nc2ccccc2C)N(C(=O)C(CCSC)NC(=O)OC(C)(C)C)C(C)(C)C)cc1. The largest absolute Gasteiger partial charge is 0.444 e. The van der Waals surface area contributed by atoms with Gasteiger partial charge in [0.25, 0.3) is 5.91 Å². The molecule has 2 N–H and O–H groups in total. The summed E-state index contributed by atoms with van der Waals surface area (Å²) in [5, 5.41) is 5.84. The lowest BCUT2D eigenvalue weighted by atomic mass is 9.94. The molecule has 214 valence electrons. The zero-order chi connectivity index (χ0) is 29.4. The molecule has 3 amide bonds. The maximum Gasteiger partial charge on any atom is 0.408 e. The van der Waals surface area contributed by atoms with E-state index in [1.807, 2.05) is 82.5 Å². The van der Waals surface area contributed by atoms with Gasteiger partial charge in [-0.05, 0) is 96.1 Å². The topological polar surface area (TPSA) is 87.7 Å². The van der Waals surface area contributed by atoms with Crippen LogP contribution >= 0.6 is 11.8 Å². The van der Waals surface area contributed by atoms with Gasteiger partial charge in [-0.3, -0.25) is 9.59 Å². The highest BCUT2D eigenvalue weighted by Crippen LogP contribution is 2.32. The van der Waals surface area contributed by atoms with Gasteiger partial charge in [0.1, 0.15) is 17.7 Å². The number of anilines is 1. The Morgan fingerprint density at radius 2 is 1.59 bits per heavy atom.